The fraction of sp³-hybridized carbons (Fsp3) is 0.0769. The third kappa shape index (κ3) is 9.27. The Morgan fingerprint density at radius 3 is 1.19 bits per heavy atom. The average molecular weight is 560 g/mol. The van der Waals surface area contributed by atoms with Crippen molar-refractivity contribution in [1.29, 1.82) is 0 Å². The smallest absolute Gasteiger partial charge is 0.545 e. The van der Waals surface area contributed by atoms with Crippen LogP contribution in [-0.4, -0.2) is 32.1 Å². The number of aromatic carboxylic acids is 2. The molecule has 0 amide bonds. The van der Waals surface area contributed by atoms with Gasteiger partial charge in [0.1, 0.15) is 0 Å². The molecule has 0 saturated heterocycles. The summed E-state index contributed by atoms with van der Waals surface area (Å²) in [6, 6.07) is 19.9. The number of carboxylic acid groups (broad SMARTS) is 2. The third-order valence-electron chi connectivity index (χ3n) is 4.86. The van der Waals surface area contributed by atoms with Crippen molar-refractivity contribution in [3.63, 3.8) is 0 Å². The summed E-state index contributed by atoms with van der Waals surface area (Å²) in [5.74, 6) is -2.38. The number of carbonyl (C=O) groups is 2. The van der Waals surface area contributed by atoms with Gasteiger partial charge in [0.25, 0.3) is 0 Å². The minimum absolute atomic E-state index is 0. The topological polar surface area (TPSA) is 212 Å². The second-order valence-electron chi connectivity index (χ2n) is 7.12. The number of nitrogens with zero attached hydrogens (tertiary/aromatic N) is 2. The molecule has 37 heavy (non-hydrogen) atoms. The SMILES string of the molecule is O=C([O-])c1ccc(-c2ccnc(CO)c2)cc1.O=C([O-])c1ccc(-c2ccnc(CO)c2)cc1.[OH3+].[OH3+].[Zn+2]. The van der Waals surface area contributed by atoms with Gasteiger partial charge < -0.3 is 41.0 Å². The molecule has 2 aromatic carbocycles. The van der Waals surface area contributed by atoms with Gasteiger partial charge in [-0.3, -0.25) is 9.97 Å². The first-order valence-corrected chi connectivity index (χ1v) is 10.2. The van der Waals surface area contributed by atoms with Gasteiger partial charge in [-0.1, -0.05) is 48.5 Å². The minimum atomic E-state index is -1.19. The maximum atomic E-state index is 10.6. The van der Waals surface area contributed by atoms with Crippen LogP contribution in [0.25, 0.3) is 22.3 Å². The molecule has 0 unspecified atom stereocenters. The summed E-state index contributed by atoms with van der Waals surface area (Å²) in [7, 11) is 0. The van der Waals surface area contributed by atoms with E-state index in [1.54, 1.807) is 60.9 Å². The van der Waals surface area contributed by atoms with E-state index >= 15 is 0 Å². The first-order chi connectivity index (χ1) is 16.4. The Labute approximate surface area is 225 Å². The Morgan fingerprint density at radius 2 is 0.919 bits per heavy atom. The van der Waals surface area contributed by atoms with Crippen molar-refractivity contribution < 1.29 is 60.4 Å². The van der Waals surface area contributed by atoms with Crippen LogP contribution in [0, 0.1) is 0 Å². The minimum Gasteiger partial charge on any atom is -0.545 e. The van der Waals surface area contributed by atoms with E-state index in [1.807, 2.05) is 0 Å². The largest absolute Gasteiger partial charge is 2.00 e. The number of benzene rings is 2. The molecule has 2 aromatic heterocycles. The molecule has 0 aliphatic heterocycles. The Hall–Kier alpha value is -3.86. The Morgan fingerprint density at radius 1 is 0.595 bits per heavy atom. The van der Waals surface area contributed by atoms with Crippen molar-refractivity contribution in [3.05, 3.63) is 108 Å². The number of aliphatic hydroxyl groups excluding tert-OH is 2. The summed E-state index contributed by atoms with van der Waals surface area (Å²) in [5, 5.41) is 39.1. The Bertz CT molecular complexity index is 1180. The molecule has 0 spiro atoms. The zero-order chi connectivity index (χ0) is 24.5. The fourth-order valence-corrected chi connectivity index (χ4v) is 3.09. The predicted molar refractivity (Wildman–Crippen MR) is 130 cm³/mol. The van der Waals surface area contributed by atoms with E-state index in [1.165, 1.54) is 24.3 Å². The summed E-state index contributed by atoms with van der Waals surface area (Å²) in [6.07, 6.45) is 3.21. The molecule has 4 rings (SSSR count). The van der Waals surface area contributed by atoms with Crippen LogP contribution in [0.4, 0.5) is 0 Å². The van der Waals surface area contributed by atoms with Crippen molar-refractivity contribution in [2.24, 2.45) is 0 Å². The van der Waals surface area contributed by atoms with Crippen molar-refractivity contribution in [3.8, 4) is 22.3 Å². The number of rotatable bonds is 6. The molecule has 4 aromatic rings. The van der Waals surface area contributed by atoms with Gasteiger partial charge in [-0.2, -0.15) is 0 Å². The summed E-state index contributed by atoms with van der Waals surface area (Å²) >= 11 is 0. The van der Waals surface area contributed by atoms with E-state index < -0.39 is 11.9 Å². The molecular formula is C26H26N2O8Zn+2. The predicted octanol–water partition coefficient (Wildman–Crippen LogP) is -0.638. The van der Waals surface area contributed by atoms with E-state index in [4.69, 9.17) is 10.2 Å². The summed E-state index contributed by atoms with van der Waals surface area (Å²) in [4.78, 5) is 29.1. The van der Waals surface area contributed by atoms with Crippen LogP contribution in [-0.2, 0) is 43.6 Å². The van der Waals surface area contributed by atoms with Gasteiger partial charge in [0.15, 0.2) is 0 Å². The molecule has 0 aliphatic rings. The number of aromatic nitrogens is 2. The Kier molecular flexibility index (Phi) is 14.3. The van der Waals surface area contributed by atoms with Gasteiger partial charge in [0.2, 0.25) is 0 Å². The molecule has 11 heteroatoms. The Balaban J connectivity index is 0.000000648. The molecule has 188 valence electrons. The van der Waals surface area contributed by atoms with E-state index in [2.05, 4.69) is 9.97 Å². The van der Waals surface area contributed by atoms with Crippen LogP contribution >= 0.6 is 0 Å². The summed E-state index contributed by atoms with van der Waals surface area (Å²) < 4.78 is 0. The molecule has 0 bridgehead atoms. The molecule has 0 radical (unpaired) electrons. The standard InChI is InChI=1S/2C13H11NO3.2H2O.Zn/c2*15-8-12-7-11(5-6-14-12)9-1-3-10(4-2-9)13(16)17;;;/h2*1-7,15H,8H2,(H,16,17);2*1H2;/q;;;;+2. The van der Waals surface area contributed by atoms with Crippen molar-refractivity contribution >= 4 is 11.9 Å². The monoisotopic (exact) mass is 558 g/mol. The van der Waals surface area contributed by atoms with Gasteiger partial charge in [0.05, 0.1) is 36.5 Å². The fourth-order valence-electron chi connectivity index (χ4n) is 3.09. The van der Waals surface area contributed by atoms with Gasteiger partial charge in [-0.25, -0.2) is 0 Å². The zero-order valence-electron chi connectivity index (χ0n) is 19.8. The van der Waals surface area contributed by atoms with E-state index in [0.29, 0.717) is 11.4 Å². The van der Waals surface area contributed by atoms with E-state index in [9.17, 15) is 19.8 Å². The molecular weight excluding hydrogens is 534 g/mol. The maximum absolute atomic E-state index is 10.6. The van der Waals surface area contributed by atoms with Crippen LogP contribution in [0.1, 0.15) is 32.1 Å². The number of carbonyl (C=O) groups excluding carboxylic acids is 2. The molecule has 0 aliphatic carbocycles. The van der Waals surface area contributed by atoms with E-state index in [-0.39, 0.29) is 54.8 Å². The van der Waals surface area contributed by atoms with Crippen molar-refractivity contribution in [2.75, 3.05) is 0 Å². The van der Waals surface area contributed by atoms with Gasteiger partial charge in [-0.05, 0) is 57.6 Å². The van der Waals surface area contributed by atoms with Crippen LogP contribution in [0.5, 0.6) is 0 Å². The van der Waals surface area contributed by atoms with E-state index in [0.717, 1.165) is 22.3 Å². The second-order valence-corrected chi connectivity index (χ2v) is 7.12. The maximum Gasteiger partial charge on any atom is 2.00 e. The van der Waals surface area contributed by atoms with Crippen LogP contribution in [0.2, 0.25) is 0 Å². The third-order valence-corrected chi connectivity index (χ3v) is 4.86. The number of aliphatic hydroxyl groups is 2. The first-order valence-electron chi connectivity index (χ1n) is 10.2. The molecule has 10 nitrogen and oxygen atoms in total. The van der Waals surface area contributed by atoms with Gasteiger partial charge >= 0.3 is 19.5 Å². The van der Waals surface area contributed by atoms with Crippen LogP contribution < -0.4 is 10.2 Å². The van der Waals surface area contributed by atoms with Crippen molar-refractivity contribution in [1.82, 2.24) is 9.97 Å². The number of pyridine rings is 2. The van der Waals surface area contributed by atoms with Crippen LogP contribution in [0.15, 0.2) is 85.2 Å². The summed E-state index contributed by atoms with van der Waals surface area (Å²) in [5.41, 5.74) is 4.94. The number of hydrogen-bond acceptors (Lipinski definition) is 8. The van der Waals surface area contributed by atoms with Crippen LogP contribution in [0.3, 0.4) is 0 Å². The summed E-state index contributed by atoms with van der Waals surface area (Å²) in [6.45, 7) is -0.240. The first kappa shape index (κ1) is 33.1. The number of carboxylic acids is 2. The molecule has 0 saturated carbocycles. The molecule has 0 atom stereocenters. The molecule has 2 heterocycles. The average Bonchev–Trinajstić information content (AvgIpc) is 2.89. The second kappa shape index (κ2) is 16.0. The van der Waals surface area contributed by atoms with Gasteiger partial charge in [-0.15, -0.1) is 0 Å². The molecule has 0 fully saturated rings. The quantitative estimate of drug-likeness (QED) is 0.228. The van der Waals surface area contributed by atoms with Gasteiger partial charge in [0, 0.05) is 12.4 Å². The number of hydrogen-bond donors (Lipinski definition) is 2. The molecule has 8 N–H and O–H groups in total. The zero-order valence-corrected chi connectivity index (χ0v) is 22.7. The normalized spacial score (nSPS) is 9.35. The van der Waals surface area contributed by atoms with Crippen molar-refractivity contribution in [2.45, 2.75) is 13.2 Å².